The molecule has 1 atom stereocenters. The molecule has 1 fully saturated rings. The summed E-state index contributed by atoms with van der Waals surface area (Å²) in [5.74, 6) is -0.270. The van der Waals surface area contributed by atoms with Crippen molar-refractivity contribution in [1.29, 1.82) is 0 Å². The quantitative estimate of drug-likeness (QED) is 0.758. The first-order valence-corrected chi connectivity index (χ1v) is 9.43. The standard InChI is InChI=1S/C20H20BrFN2O3/c1-27-17-5-3-16(4-6-17)24-12-14(11-19(24)25)20(26)23-9-8-13-10-15(21)2-7-18(13)22/h2-7,10,14H,8-9,11-12H2,1H3,(H,23,26). The minimum atomic E-state index is -0.410. The molecule has 0 radical (unpaired) electrons. The van der Waals surface area contributed by atoms with Crippen LogP contribution >= 0.6 is 15.9 Å². The van der Waals surface area contributed by atoms with Gasteiger partial charge in [-0.2, -0.15) is 0 Å². The van der Waals surface area contributed by atoms with Gasteiger partial charge in [0.15, 0.2) is 0 Å². The molecule has 1 aliphatic heterocycles. The van der Waals surface area contributed by atoms with Crippen molar-refractivity contribution in [1.82, 2.24) is 5.32 Å². The van der Waals surface area contributed by atoms with Gasteiger partial charge in [0.05, 0.1) is 13.0 Å². The third kappa shape index (κ3) is 4.66. The van der Waals surface area contributed by atoms with Crippen molar-refractivity contribution in [2.45, 2.75) is 12.8 Å². The minimum absolute atomic E-state index is 0.0849. The largest absolute Gasteiger partial charge is 0.497 e. The molecule has 27 heavy (non-hydrogen) atoms. The molecule has 0 aromatic heterocycles. The van der Waals surface area contributed by atoms with Gasteiger partial charge in [0, 0.05) is 29.7 Å². The molecule has 3 rings (SSSR count). The average molecular weight is 435 g/mol. The fraction of sp³-hybridized carbons (Fsp3) is 0.300. The van der Waals surface area contributed by atoms with E-state index in [2.05, 4.69) is 21.2 Å². The van der Waals surface area contributed by atoms with Crippen LogP contribution in [0.5, 0.6) is 5.75 Å². The number of benzene rings is 2. The number of anilines is 1. The molecule has 0 saturated carbocycles. The number of ether oxygens (including phenoxy) is 1. The highest BCUT2D eigenvalue weighted by atomic mass is 79.9. The van der Waals surface area contributed by atoms with Crippen LogP contribution in [0.4, 0.5) is 10.1 Å². The number of carbonyl (C=O) groups excluding carboxylic acids is 2. The second kappa shape index (κ2) is 8.52. The summed E-state index contributed by atoms with van der Waals surface area (Å²) < 4.78 is 19.7. The highest BCUT2D eigenvalue weighted by molar-refractivity contribution is 9.10. The molecule has 142 valence electrons. The molecule has 0 spiro atoms. The van der Waals surface area contributed by atoms with Crippen LogP contribution in [0.1, 0.15) is 12.0 Å². The number of nitrogens with one attached hydrogen (secondary N) is 1. The number of rotatable bonds is 6. The lowest BCUT2D eigenvalue weighted by molar-refractivity contribution is -0.126. The first-order chi connectivity index (χ1) is 13.0. The Morgan fingerprint density at radius 1 is 1.30 bits per heavy atom. The molecule has 1 aliphatic rings. The summed E-state index contributed by atoms with van der Waals surface area (Å²) >= 11 is 3.31. The number of carbonyl (C=O) groups is 2. The minimum Gasteiger partial charge on any atom is -0.497 e. The first-order valence-electron chi connectivity index (χ1n) is 8.64. The number of halogens is 2. The van der Waals surface area contributed by atoms with Gasteiger partial charge in [-0.05, 0) is 54.4 Å². The average Bonchev–Trinajstić information content (AvgIpc) is 3.06. The lowest BCUT2D eigenvalue weighted by atomic mass is 10.1. The second-order valence-corrected chi connectivity index (χ2v) is 7.30. The van der Waals surface area contributed by atoms with Gasteiger partial charge in [-0.25, -0.2) is 4.39 Å². The monoisotopic (exact) mass is 434 g/mol. The van der Waals surface area contributed by atoms with Gasteiger partial charge in [0.25, 0.3) is 0 Å². The molecule has 1 heterocycles. The molecule has 5 nitrogen and oxygen atoms in total. The number of hydrogen-bond donors (Lipinski definition) is 1. The number of methoxy groups -OCH3 is 1. The Bertz CT molecular complexity index is 842. The fourth-order valence-electron chi connectivity index (χ4n) is 3.09. The number of amides is 2. The van der Waals surface area contributed by atoms with E-state index in [1.807, 2.05) is 0 Å². The molecule has 2 aromatic carbocycles. The van der Waals surface area contributed by atoms with Gasteiger partial charge >= 0.3 is 0 Å². The highest BCUT2D eigenvalue weighted by Gasteiger charge is 2.34. The zero-order chi connectivity index (χ0) is 19.4. The van der Waals surface area contributed by atoms with Crippen molar-refractivity contribution >= 4 is 33.4 Å². The SMILES string of the molecule is COc1ccc(N2CC(C(=O)NCCc3cc(Br)ccc3F)CC2=O)cc1. The van der Waals surface area contributed by atoms with E-state index in [1.165, 1.54) is 6.07 Å². The van der Waals surface area contributed by atoms with E-state index in [-0.39, 0.29) is 24.1 Å². The summed E-state index contributed by atoms with van der Waals surface area (Å²) in [4.78, 5) is 26.3. The van der Waals surface area contributed by atoms with Crippen LogP contribution in [0.2, 0.25) is 0 Å². The highest BCUT2D eigenvalue weighted by Crippen LogP contribution is 2.27. The molecular weight excluding hydrogens is 415 g/mol. The predicted octanol–water partition coefficient (Wildman–Crippen LogP) is 3.31. The zero-order valence-electron chi connectivity index (χ0n) is 14.9. The van der Waals surface area contributed by atoms with Gasteiger partial charge in [-0.15, -0.1) is 0 Å². The van der Waals surface area contributed by atoms with Gasteiger partial charge in [-0.3, -0.25) is 9.59 Å². The lowest BCUT2D eigenvalue weighted by Gasteiger charge is -2.17. The van der Waals surface area contributed by atoms with E-state index in [0.29, 0.717) is 30.8 Å². The Morgan fingerprint density at radius 2 is 2.04 bits per heavy atom. The number of hydrogen-bond acceptors (Lipinski definition) is 3. The maximum absolute atomic E-state index is 13.7. The number of nitrogens with zero attached hydrogens (tertiary/aromatic N) is 1. The van der Waals surface area contributed by atoms with E-state index in [1.54, 1.807) is 48.4 Å². The van der Waals surface area contributed by atoms with Gasteiger partial charge in [-0.1, -0.05) is 15.9 Å². The molecule has 0 aliphatic carbocycles. The molecule has 1 saturated heterocycles. The summed E-state index contributed by atoms with van der Waals surface area (Å²) in [5.41, 5.74) is 1.28. The molecule has 7 heteroatoms. The summed E-state index contributed by atoms with van der Waals surface area (Å²) in [5, 5.41) is 2.81. The lowest BCUT2D eigenvalue weighted by Crippen LogP contribution is -2.34. The first kappa shape index (κ1) is 19.4. The van der Waals surface area contributed by atoms with Crippen LogP contribution in [-0.2, 0) is 16.0 Å². The van der Waals surface area contributed by atoms with Gasteiger partial charge in [0.1, 0.15) is 11.6 Å². The van der Waals surface area contributed by atoms with Crippen molar-refractivity contribution in [3.05, 3.63) is 58.3 Å². The molecule has 1 N–H and O–H groups in total. The Kier molecular flexibility index (Phi) is 6.11. The van der Waals surface area contributed by atoms with Gasteiger partial charge in [0.2, 0.25) is 11.8 Å². The molecule has 2 amide bonds. The maximum Gasteiger partial charge on any atom is 0.227 e. The fourth-order valence-corrected chi connectivity index (χ4v) is 3.50. The van der Waals surface area contributed by atoms with E-state index in [4.69, 9.17) is 4.74 Å². The van der Waals surface area contributed by atoms with Crippen LogP contribution in [0, 0.1) is 11.7 Å². The maximum atomic E-state index is 13.7. The van der Waals surface area contributed by atoms with Crippen molar-refractivity contribution < 1.29 is 18.7 Å². The van der Waals surface area contributed by atoms with Crippen LogP contribution in [0.25, 0.3) is 0 Å². The Hall–Kier alpha value is -2.41. The molecule has 0 bridgehead atoms. The summed E-state index contributed by atoms with van der Waals surface area (Å²) in [6.07, 6.45) is 0.559. The van der Waals surface area contributed by atoms with Crippen molar-refractivity contribution in [3.63, 3.8) is 0 Å². The Labute approximate surface area is 165 Å². The second-order valence-electron chi connectivity index (χ2n) is 6.38. The Balaban J connectivity index is 1.54. The summed E-state index contributed by atoms with van der Waals surface area (Å²) in [7, 11) is 1.58. The predicted molar refractivity (Wildman–Crippen MR) is 104 cm³/mol. The van der Waals surface area contributed by atoms with Crippen LogP contribution in [0.3, 0.4) is 0 Å². The van der Waals surface area contributed by atoms with E-state index < -0.39 is 5.92 Å². The molecule has 1 unspecified atom stereocenters. The van der Waals surface area contributed by atoms with Crippen LogP contribution < -0.4 is 15.0 Å². The van der Waals surface area contributed by atoms with Crippen molar-refractivity contribution in [2.75, 3.05) is 25.1 Å². The third-order valence-corrected chi connectivity index (χ3v) is 5.07. The van der Waals surface area contributed by atoms with Crippen molar-refractivity contribution in [3.8, 4) is 5.75 Å². The Morgan fingerprint density at radius 3 is 2.74 bits per heavy atom. The summed E-state index contributed by atoms with van der Waals surface area (Å²) in [6.45, 7) is 0.654. The van der Waals surface area contributed by atoms with E-state index >= 15 is 0 Å². The zero-order valence-corrected chi connectivity index (χ0v) is 16.5. The normalized spacial score (nSPS) is 16.5. The smallest absolute Gasteiger partial charge is 0.227 e. The molecule has 2 aromatic rings. The van der Waals surface area contributed by atoms with E-state index in [9.17, 15) is 14.0 Å². The van der Waals surface area contributed by atoms with Crippen molar-refractivity contribution in [2.24, 2.45) is 5.92 Å². The van der Waals surface area contributed by atoms with Gasteiger partial charge < -0.3 is 15.0 Å². The topological polar surface area (TPSA) is 58.6 Å². The summed E-state index contributed by atoms with van der Waals surface area (Å²) in [6, 6.07) is 11.9. The third-order valence-electron chi connectivity index (χ3n) is 4.58. The van der Waals surface area contributed by atoms with E-state index in [0.717, 1.165) is 10.2 Å². The molecular formula is C20H20BrFN2O3. The van der Waals surface area contributed by atoms with Crippen LogP contribution in [0.15, 0.2) is 46.9 Å². The van der Waals surface area contributed by atoms with Crippen LogP contribution in [-0.4, -0.2) is 32.0 Å².